The van der Waals surface area contributed by atoms with Gasteiger partial charge in [-0.25, -0.2) is 4.68 Å². The van der Waals surface area contributed by atoms with E-state index < -0.39 is 0 Å². The molecule has 0 saturated heterocycles. The zero-order valence-corrected chi connectivity index (χ0v) is 14.4. The lowest BCUT2D eigenvalue weighted by Crippen LogP contribution is -2.28. The Kier molecular flexibility index (Phi) is 3.97. The number of ether oxygens (including phenoxy) is 1. The fourth-order valence-electron chi connectivity index (χ4n) is 3.23. The standard InChI is InChI=1S/C18H18ClN5O/c1-25-14-4-2-3-12(9-14)16-10-15(11-5-7-13(19)8-6-11)21-18-22-17(20)23-24(16)18/h2-9,15-16H,10H2,1H3,(H3,20,21,22,23)/t15-,16+/m1/s1. The molecular formula is C18H18ClN5O. The second-order valence-electron chi connectivity index (χ2n) is 6.01. The number of rotatable bonds is 3. The molecular weight excluding hydrogens is 338 g/mol. The fourth-order valence-corrected chi connectivity index (χ4v) is 3.36. The van der Waals surface area contributed by atoms with E-state index in [0.717, 1.165) is 28.3 Å². The van der Waals surface area contributed by atoms with Crippen LogP contribution in [-0.4, -0.2) is 21.9 Å². The van der Waals surface area contributed by atoms with Crippen molar-refractivity contribution in [3.63, 3.8) is 0 Å². The Morgan fingerprint density at radius 3 is 2.76 bits per heavy atom. The molecule has 0 radical (unpaired) electrons. The van der Waals surface area contributed by atoms with Gasteiger partial charge in [0.15, 0.2) is 0 Å². The number of nitrogens with zero attached hydrogens (tertiary/aromatic N) is 3. The molecule has 1 aliphatic rings. The summed E-state index contributed by atoms with van der Waals surface area (Å²) in [6.07, 6.45) is 0.810. The summed E-state index contributed by atoms with van der Waals surface area (Å²) in [5.41, 5.74) is 8.08. The van der Waals surface area contributed by atoms with Gasteiger partial charge in [0.2, 0.25) is 11.9 Å². The zero-order chi connectivity index (χ0) is 17.4. The Labute approximate surface area is 150 Å². The van der Waals surface area contributed by atoms with Crippen LogP contribution in [0.15, 0.2) is 48.5 Å². The van der Waals surface area contributed by atoms with E-state index in [0.29, 0.717) is 5.95 Å². The minimum absolute atomic E-state index is 0.0110. The maximum Gasteiger partial charge on any atom is 0.241 e. The van der Waals surface area contributed by atoms with Gasteiger partial charge in [-0.05, 0) is 41.8 Å². The average molecular weight is 356 g/mol. The summed E-state index contributed by atoms with van der Waals surface area (Å²) in [7, 11) is 1.66. The van der Waals surface area contributed by atoms with Gasteiger partial charge in [-0.1, -0.05) is 35.9 Å². The van der Waals surface area contributed by atoms with Crippen LogP contribution in [0.3, 0.4) is 0 Å². The van der Waals surface area contributed by atoms with Crippen molar-refractivity contribution in [3.8, 4) is 5.75 Å². The second kappa shape index (κ2) is 6.29. The van der Waals surface area contributed by atoms with Crippen molar-refractivity contribution >= 4 is 23.5 Å². The van der Waals surface area contributed by atoms with Gasteiger partial charge in [0, 0.05) is 5.02 Å². The summed E-state index contributed by atoms with van der Waals surface area (Å²) in [4.78, 5) is 4.32. The summed E-state index contributed by atoms with van der Waals surface area (Å²) in [6.45, 7) is 0. The van der Waals surface area contributed by atoms with E-state index in [2.05, 4.69) is 21.5 Å². The Hall–Kier alpha value is -2.73. The van der Waals surface area contributed by atoms with Crippen LogP contribution in [0.25, 0.3) is 0 Å². The Bertz CT molecular complexity index is 893. The highest BCUT2D eigenvalue weighted by Crippen LogP contribution is 2.38. The Morgan fingerprint density at radius 2 is 2.00 bits per heavy atom. The molecule has 2 heterocycles. The largest absolute Gasteiger partial charge is 0.497 e. The number of nitrogen functional groups attached to an aromatic ring is 1. The fraction of sp³-hybridized carbons (Fsp3) is 0.222. The van der Waals surface area contributed by atoms with E-state index in [-0.39, 0.29) is 18.0 Å². The molecule has 3 N–H and O–H groups in total. The summed E-state index contributed by atoms with van der Waals surface area (Å²) < 4.78 is 7.21. The third-order valence-electron chi connectivity index (χ3n) is 4.46. The quantitative estimate of drug-likeness (QED) is 0.749. The first kappa shape index (κ1) is 15.8. The van der Waals surface area contributed by atoms with E-state index in [1.165, 1.54) is 0 Å². The molecule has 0 unspecified atom stereocenters. The molecule has 1 aromatic heterocycles. The topological polar surface area (TPSA) is 78.0 Å². The number of aromatic nitrogens is 3. The summed E-state index contributed by atoms with van der Waals surface area (Å²) in [5.74, 6) is 1.73. The van der Waals surface area contributed by atoms with Gasteiger partial charge in [0.1, 0.15) is 5.75 Å². The molecule has 2 atom stereocenters. The minimum atomic E-state index is 0.0110. The van der Waals surface area contributed by atoms with Gasteiger partial charge in [-0.2, -0.15) is 4.98 Å². The lowest BCUT2D eigenvalue weighted by atomic mass is 9.93. The number of benzene rings is 2. The third kappa shape index (κ3) is 3.00. The number of nitrogens with one attached hydrogen (secondary N) is 1. The molecule has 1 aliphatic heterocycles. The lowest BCUT2D eigenvalue weighted by molar-refractivity contribution is 0.407. The van der Waals surface area contributed by atoms with Crippen LogP contribution in [0.4, 0.5) is 11.9 Å². The number of hydrogen-bond acceptors (Lipinski definition) is 5. The van der Waals surface area contributed by atoms with E-state index >= 15 is 0 Å². The van der Waals surface area contributed by atoms with E-state index in [9.17, 15) is 0 Å². The number of methoxy groups -OCH3 is 1. The van der Waals surface area contributed by atoms with Crippen molar-refractivity contribution in [3.05, 3.63) is 64.7 Å². The number of nitrogens with two attached hydrogens (primary N) is 1. The maximum atomic E-state index is 6.02. The van der Waals surface area contributed by atoms with E-state index in [1.807, 2.05) is 47.1 Å². The molecule has 2 aromatic carbocycles. The van der Waals surface area contributed by atoms with Gasteiger partial charge in [-0.15, -0.1) is 5.10 Å². The molecule has 25 heavy (non-hydrogen) atoms. The molecule has 0 bridgehead atoms. The number of anilines is 2. The molecule has 7 heteroatoms. The first-order valence-corrected chi connectivity index (χ1v) is 8.40. The van der Waals surface area contributed by atoms with E-state index in [4.69, 9.17) is 22.1 Å². The second-order valence-corrected chi connectivity index (χ2v) is 6.45. The summed E-state index contributed by atoms with van der Waals surface area (Å²) >= 11 is 6.02. The highest BCUT2D eigenvalue weighted by molar-refractivity contribution is 6.30. The van der Waals surface area contributed by atoms with Crippen molar-refractivity contribution in [1.82, 2.24) is 14.8 Å². The van der Waals surface area contributed by atoms with Crippen LogP contribution < -0.4 is 15.8 Å². The minimum Gasteiger partial charge on any atom is -0.497 e. The van der Waals surface area contributed by atoms with Crippen LogP contribution >= 0.6 is 11.6 Å². The van der Waals surface area contributed by atoms with Gasteiger partial charge in [0.05, 0.1) is 19.2 Å². The zero-order valence-electron chi connectivity index (χ0n) is 13.7. The van der Waals surface area contributed by atoms with E-state index in [1.54, 1.807) is 7.11 Å². The molecule has 0 aliphatic carbocycles. The molecule has 4 rings (SSSR count). The van der Waals surface area contributed by atoms with Gasteiger partial charge in [-0.3, -0.25) is 0 Å². The Balaban J connectivity index is 1.75. The van der Waals surface area contributed by atoms with Gasteiger partial charge >= 0.3 is 0 Å². The predicted octanol–water partition coefficient (Wildman–Crippen LogP) is 3.67. The molecule has 3 aromatic rings. The molecule has 6 nitrogen and oxygen atoms in total. The maximum absolute atomic E-state index is 6.02. The monoisotopic (exact) mass is 355 g/mol. The highest BCUT2D eigenvalue weighted by Gasteiger charge is 2.31. The van der Waals surface area contributed by atoms with Crippen LogP contribution in [0, 0.1) is 0 Å². The third-order valence-corrected chi connectivity index (χ3v) is 4.71. The molecule has 0 saturated carbocycles. The molecule has 128 valence electrons. The number of fused-ring (bicyclic) bond motifs is 1. The lowest BCUT2D eigenvalue weighted by Gasteiger charge is -2.31. The molecule has 0 fully saturated rings. The van der Waals surface area contributed by atoms with Crippen molar-refractivity contribution < 1.29 is 4.74 Å². The highest BCUT2D eigenvalue weighted by atomic mass is 35.5. The van der Waals surface area contributed by atoms with Gasteiger partial charge < -0.3 is 15.8 Å². The van der Waals surface area contributed by atoms with Crippen molar-refractivity contribution in [2.45, 2.75) is 18.5 Å². The van der Waals surface area contributed by atoms with Crippen molar-refractivity contribution in [1.29, 1.82) is 0 Å². The van der Waals surface area contributed by atoms with Crippen LogP contribution in [0.1, 0.15) is 29.6 Å². The average Bonchev–Trinajstić information content (AvgIpc) is 3.01. The van der Waals surface area contributed by atoms with Crippen molar-refractivity contribution in [2.75, 3.05) is 18.2 Å². The van der Waals surface area contributed by atoms with Crippen LogP contribution in [0.5, 0.6) is 5.75 Å². The SMILES string of the molecule is COc1cccc([C@@H]2C[C@H](c3ccc(Cl)cc3)Nc3nc(N)nn32)c1. The summed E-state index contributed by atoms with van der Waals surface area (Å²) in [5, 5.41) is 8.50. The molecule has 0 spiro atoms. The van der Waals surface area contributed by atoms with Crippen molar-refractivity contribution in [2.24, 2.45) is 0 Å². The predicted molar refractivity (Wildman–Crippen MR) is 98.0 cm³/mol. The van der Waals surface area contributed by atoms with Gasteiger partial charge in [0.25, 0.3) is 0 Å². The first-order valence-electron chi connectivity index (χ1n) is 8.02. The number of halogens is 1. The molecule has 0 amide bonds. The van der Waals surface area contributed by atoms with Crippen LogP contribution in [-0.2, 0) is 0 Å². The normalized spacial score (nSPS) is 19.1. The Morgan fingerprint density at radius 1 is 1.20 bits per heavy atom. The smallest absolute Gasteiger partial charge is 0.241 e. The first-order chi connectivity index (χ1) is 12.1. The summed E-state index contributed by atoms with van der Waals surface area (Å²) in [6, 6.07) is 15.9. The van der Waals surface area contributed by atoms with Crippen LogP contribution in [0.2, 0.25) is 5.02 Å². The number of hydrogen-bond donors (Lipinski definition) is 2.